The molecule has 0 aliphatic rings. The van der Waals surface area contributed by atoms with Crippen molar-refractivity contribution in [2.24, 2.45) is 5.84 Å². The van der Waals surface area contributed by atoms with E-state index in [0.29, 0.717) is 11.1 Å². The molecule has 0 fully saturated rings. The normalized spacial score (nSPS) is 9.58. The summed E-state index contributed by atoms with van der Waals surface area (Å²) in [5.74, 6) is 5.43. The van der Waals surface area contributed by atoms with Crippen LogP contribution < -0.4 is 16.0 Å². The Morgan fingerprint density at radius 1 is 1.42 bits per heavy atom. The number of ether oxygens (including phenoxy) is 1. The Bertz CT molecular complexity index is 213. The van der Waals surface area contributed by atoms with Crippen LogP contribution in [0.1, 0.15) is 0 Å². The third-order valence-electron chi connectivity index (χ3n) is 1.09. The summed E-state index contributed by atoms with van der Waals surface area (Å²) in [7, 11) is 1.49. The average Bonchev–Trinajstić information content (AvgIpc) is 2.16. The minimum absolute atomic E-state index is 0.252. The van der Waals surface area contributed by atoms with E-state index in [1.165, 1.54) is 18.9 Å². The van der Waals surface area contributed by atoms with Crippen molar-refractivity contribution >= 4 is 17.7 Å². The lowest BCUT2D eigenvalue weighted by Crippen LogP contribution is -2.12. The van der Waals surface area contributed by atoms with Crippen LogP contribution in [0.5, 0.6) is 6.01 Å². The van der Waals surface area contributed by atoms with E-state index < -0.39 is 0 Å². The molecular formula is C5H9N5OS. The Hall–Kier alpha value is -1.08. The van der Waals surface area contributed by atoms with E-state index in [-0.39, 0.29) is 6.01 Å². The van der Waals surface area contributed by atoms with Crippen LogP contribution in [0.15, 0.2) is 5.16 Å². The number of nitrogen functional groups attached to an aromatic ring is 1. The number of nitrogens with two attached hydrogens (primary N) is 1. The van der Waals surface area contributed by atoms with Crippen molar-refractivity contribution in [3.05, 3.63) is 0 Å². The third kappa shape index (κ3) is 1.95. The van der Waals surface area contributed by atoms with Crippen LogP contribution in [-0.2, 0) is 0 Å². The van der Waals surface area contributed by atoms with E-state index in [9.17, 15) is 0 Å². The summed E-state index contributed by atoms with van der Waals surface area (Å²) in [6, 6.07) is 0.252. The molecule has 7 heteroatoms. The van der Waals surface area contributed by atoms with Crippen LogP contribution in [-0.4, -0.2) is 28.3 Å². The van der Waals surface area contributed by atoms with Gasteiger partial charge in [0.2, 0.25) is 5.95 Å². The molecule has 0 saturated heterocycles. The zero-order chi connectivity index (χ0) is 8.97. The van der Waals surface area contributed by atoms with Crippen molar-refractivity contribution in [3.63, 3.8) is 0 Å². The molecule has 66 valence electrons. The Balaban J connectivity index is 3.01. The smallest absolute Gasteiger partial charge is 0.321 e. The fraction of sp³-hybridized carbons (Fsp3) is 0.400. The molecule has 1 aromatic rings. The largest absolute Gasteiger partial charge is 0.467 e. The van der Waals surface area contributed by atoms with Gasteiger partial charge in [0.1, 0.15) is 0 Å². The average molecular weight is 187 g/mol. The van der Waals surface area contributed by atoms with Crippen LogP contribution in [0.4, 0.5) is 5.95 Å². The van der Waals surface area contributed by atoms with Crippen molar-refractivity contribution < 1.29 is 4.74 Å². The quantitative estimate of drug-likeness (QED) is 0.388. The van der Waals surface area contributed by atoms with Gasteiger partial charge in [0.05, 0.1) is 7.11 Å². The number of hydrogen-bond donors (Lipinski definition) is 2. The monoisotopic (exact) mass is 187 g/mol. The van der Waals surface area contributed by atoms with E-state index in [2.05, 4.69) is 20.4 Å². The molecule has 0 amide bonds. The number of rotatable bonds is 3. The SMILES string of the molecule is COc1nc(NN)nc(SC)n1. The minimum atomic E-state index is 0.252. The van der Waals surface area contributed by atoms with E-state index in [0.717, 1.165) is 0 Å². The highest BCUT2D eigenvalue weighted by Crippen LogP contribution is 2.13. The molecule has 0 atom stereocenters. The first-order valence-electron chi connectivity index (χ1n) is 3.11. The van der Waals surface area contributed by atoms with Gasteiger partial charge in [-0.15, -0.1) is 0 Å². The predicted molar refractivity (Wildman–Crippen MR) is 46.0 cm³/mol. The number of thioether (sulfide) groups is 1. The van der Waals surface area contributed by atoms with Crippen molar-refractivity contribution in [1.82, 2.24) is 15.0 Å². The van der Waals surface area contributed by atoms with E-state index in [1.54, 1.807) is 0 Å². The topological polar surface area (TPSA) is 86.0 Å². The molecule has 1 rings (SSSR count). The molecule has 0 aromatic carbocycles. The lowest BCUT2D eigenvalue weighted by atomic mass is 10.9. The lowest BCUT2D eigenvalue weighted by molar-refractivity contribution is 0.373. The summed E-state index contributed by atoms with van der Waals surface area (Å²) in [4.78, 5) is 11.7. The number of anilines is 1. The van der Waals surface area contributed by atoms with Gasteiger partial charge in [-0.3, -0.25) is 5.43 Å². The highest BCUT2D eigenvalue weighted by molar-refractivity contribution is 7.98. The maximum atomic E-state index is 5.13. The van der Waals surface area contributed by atoms with Gasteiger partial charge in [-0.05, 0) is 6.26 Å². The van der Waals surface area contributed by atoms with Crippen molar-refractivity contribution in [2.45, 2.75) is 5.16 Å². The highest BCUT2D eigenvalue weighted by Gasteiger charge is 2.03. The van der Waals surface area contributed by atoms with Crippen molar-refractivity contribution in [1.29, 1.82) is 0 Å². The zero-order valence-corrected chi connectivity index (χ0v) is 7.55. The highest BCUT2D eigenvalue weighted by atomic mass is 32.2. The summed E-state index contributed by atoms with van der Waals surface area (Å²) < 4.78 is 4.83. The second-order valence-corrected chi connectivity index (χ2v) is 2.55. The molecule has 0 aliphatic heterocycles. The van der Waals surface area contributed by atoms with Gasteiger partial charge < -0.3 is 4.74 Å². The molecule has 6 nitrogen and oxygen atoms in total. The van der Waals surface area contributed by atoms with Crippen LogP contribution in [0, 0.1) is 0 Å². The predicted octanol–water partition coefficient (Wildman–Crippen LogP) is -0.112. The molecule has 0 saturated carbocycles. The van der Waals surface area contributed by atoms with Gasteiger partial charge >= 0.3 is 6.01 Å². The molecule has 0 bridgehead atoms. The lowest BCUT2D eigenvalue weighted by Gasteiger charge is -2.02. The number of nitrogens with zero attached hydrogens (tertiary/aromatic N) is 3. The third-order valence-corrected chi connectivity index (χ3v) is 1.64. The summed E-state index contributed by atoms with van der Waals surface area (Å²) in [6.07, 6.45) is 1.86. The summed E-state index contributed by atoms with van der Waals surface area (Å²) in [5.41, 5.74) is 2.32. The van der Waals surface area contributed by atoms with Crippen LogP contribution in [0.3, 0.4) is 0 Å². The summed E-state index contributed by atoms with van der Waals surface area (Å²) in [5, 5.41) is 0.565. The Morgan fingerprint density at radius 3 is 2.67 bits per heavy atom. The molecule has 0 unspecified atom stereocenters. The van der Waals surface area contributed by atoms with Crippen LogP contribution in [0.25, 0.3) is 0 Å². The molecule has 12 heavy (non-hydrogen) atoms. The van der Waals surface area contributed by atoms with Crippen molar-refractivity contribution in [2.75, 3.05) is 18.8 Å². The molecular weight excluding hydrogens is 178 g/mol. The maximum absolute atomic E-state index is 5.13. The standard InChI is InChI=1S/C5H9N5OS/c1-11-4-7-3(10-6)8-5(9-4)12-2/h6H2,1-2H3,(H,7,8,9,10). The van der Waals surface area contributed by atoms with Crippen LogP contribution in [0.2, 0.25) is 0 Å². The first-order chi connectivity index (χ1) is 5.80. The molecule has 0 spiro atoms. The number of methoxy groups -OCH3 is 1. The second kappa shape index (κ2) is 4.07. The molecule has 1 heterocycles. The van der Waals surface area contributed by atoms with E-state index in [1.807, 2.05) is 6.26 Å². The number of hydrogen-bond acceptors (Lipinski definition) is 7. The first kappa shape index (κ1) is 9.01. The summed E-state index contributed by atoms with van der Waals surface area (Å²) >= 11 is 1.39. The Kier molecular flexibility index (Phi) is 3.06. The van der Waals surface area contributed by atoms with Crippen LogP contribution >= 0.6 is 11.8 Å². The number of hydrazine groups is 1. The van der Waals surface area contributed by atoms with Gasteiger partial charge in [-0.1, -0.05) is 11.8 Å². The molecule has 1 aromatic heterocycles. The molecule has 0 aliphatic carbocycles. The maximum Gasteiger partial charge on any atom is 0.321 e. The van der Waals surface area contributed by atoms with Gasteiger partial charge in [0.25, 0.3) is 0 Å². The van der Waals surface area contributed by atoms with Gasteiger partial charge in [-0.25, -0.2) is 5.84 Å². The van der Waals surface area contributed by atoms with E-state index >= 15 is 0 Å². The second-order valence-electron chi connectivity index (χ2n) is 1.78. The Morgan fingerprint density at radius 2 is 2.17 bits per heavy atom. The van der Waals surface area contributed by atoms with Gasteiger partial charge in [-0.2, -0.15) is 15.0 Å². The van der Waals surface area contributed by atoms with Gasteiger partial charge in [0, 0.05) is 0 Å². The van der Waals surface area contributed by atoms with E-state index in [4.69, 9.17) is 10.6 Å². The fourth-order valence-electron chi connectivity index (χ4n) is 0.585. The molecule has 3 N–H and O–H groups in total. The Labute approximate surface area is 73.9 Å². The zero-order valence-electron chi connectivity index (χ0n) is 6.74. The van der Waals surface area contributed by atoms with Gasteiger partial charge in [0.15, 0.2) is 5.16 Å². The summed E-state index contributed by atoms with van der Waals surface area (Å²) in [6.45, 7) is 0. The first-order valence-corrected chi connectivity index (χ1v) is 4.33. The number of aromatic nitrogens is 3. The fourth-order valence-corrected chi connectivity index (χ4v) is 0.932. The minimum Gasteiger partial charge on any atom is -0.467 e. The number of nitrogens with one attached hydrogen (secondary N) is 1. The molecule has 0 radical (unpaired) electrons. The van der Waals surface area contributed by atoms with Crippen molar-refractivity contribution in [3.8, 4) is 6.01 Å².